The molecule has 0 N–H and O–H groups in total. The smallest absolute Gasteiger partial charge is 0.189 e. The summed E-state index contributed by atoms with van der Waals surface area (Å²) in [6.45, 7) is 3.77. The number of nitrogens with zero attached hydrogens (tertiary/aromatic N) is 3. The van der Waals surface area contributed by atoms with Crippen molar-refractivity contribution in [2.24, 2.45) is 10.6 Å². The molecule has 1 rings (SSSR count). The molecule has 0 aromatic carbocycles. The largest absolute Gasteiger partial charge is 0.244 e. The van der Waals surface area contributed by atoms with Crippen molar-refractivity contribution in [2.45, 2.75) is 20.0 Å². The minimum absolute atomic E-state index is 0.364. The van der Waals surface area contributed by atoms with E-state index in [0.717, 1.165) is 0 Å². The molecule has 0 saturated heterocycles. The van der Waals surface area contributed by atoms with Crippen LogP contribution in [-0.4, -0.2) is 15.7 Å². The maximum atomic E-state index is 10.6. The van der Waals surface area contributed by atoms with Gasteiger partial charge in [-0.15, -0.1) is 16.5 Å². The third-order valence-corrected chi connectivity index (χ3v) is 2.61. The van der Waals surface area contributed by atoms with Gasteiger partial charge in [-0.1, -0.05) is 13.8 Å². The van der Waals surface area contributed by atoms with Crippen molar-refractivity contribution < 1.29 is 0 Å². The minimum Gasteiger partial charge on any atom is -0.244 e. The SMILES string of the molecule is CC(C)(CCl)C(N=O)n1cccn1. The predicted octanol–water partition coefficient (Wildman–Crippen LogP) is 2.41. The second-order valence-electron chi connectivity index (χ2n) is 3.59. The zero-order valence-corrected chi connectivity index (χ0v) is 8.40. The first-order valence-electron chi connectivity index (χ1n) is 3.99. The third-order valence-electron chi connectivity index (χ3n) is 1.92. The summed E-state index contributed by atoms with van der Waals surface area (Å²) in [5, 5.41) is 7.00. The minimum atomic E-state index is -0.542. The zero-order valence-electron chi connectivity index (χ0n) is 7.64. The molecule has 0 aliphatic rings. The molecular formula is C8H12ClN3O. The molecule has 4 nitrogen and oxygen atoms in total. The Morgan fingerprint density at radius 1 is 1.69 bits per heavy atom. The van der Waals surface area contributed by atoms with Crippen LogP contribution in [0, 0.1) is 10.3 Å². The van der Waals surface area contributed by atoms with Crippen LogP contribution in [0.25, 0.3) is 0 Å². The van der Waals surface area contributed by atoms with E-state index in [-0.39, 0.29) is 5.41 Å². The number of hydrogen-bond acceptors (Lipinski definition) is 3. The summed E-state index contributed by atoms with van der Waals surface area (Å²) in [5.41, 5.74) is -0.380. The summed E-state index contributed by atoms with van der Waals surface area (Å²) in [4.78, 5) is 10.6. The highest BCUT2D eigenvalue weighted by molar-refractivity contribution is 6.18. The fraction of sp³-hybridized carbons (Fsp3) is 0.625. The lowest BCUT2D eigenvalue weighted by molar-refractivity contribution is 0.236. The maximum absolute atomic E-state index is 10.6. The van der Waals surface area contributed by atoms with Gasteiger partial charge in [-0.05, 0) is 11.2 Å². The Morgan fingerprint density at radius 3 is 2.77 bits per heavy atom. The number of rotatable bonds is 4. The van der Waals surface area contributed by atoms with Crippen molar-refractivity contribution >= 4 is 11.6 Å². The van der Waals surface area contributed by atoms with Crippen LogP contribution in [0.15, 0.2) is 23.6 Å². The van der Waals surface area contributed by atoms with Crippen LogP contribution in [0.5, 0.6) is 0 Å². The summed E-state index contributed by atoms with van der Waals surface area (Å²) in [5.74, 6) is 0.364. The lowest BCUT2D eigenvalue weighted by Crippen LogP contribution is -2.27. The summed E-state index contributed by atoms with van der Waals surface area (Å²) in [7, 11) is 0. The second kappa shape index (κ2) is 3.87. The lowest BCUT2D eigenvalue weighted by atomic mass is 9.92. The fourth-order valence-electron chi connectivity index (χ4n) is 1.04. The van der Waals surface area contributed by atoms with E-state index in [4.69, 9.17) is 11.6 Å². The molecule has 1 aromatic heterocycles. The van der Waals surface area contributed by atoms with E-state index in [2.05, 4.69) is 10.3 Å². The Hall–Kier alpha value is -0.900. The molecule has 0 aliphatic heterocycles. The van der Waals surface area contributed by atoms with Gasteiger partial charge in [0.25, 0.3) is 0 Å². The van der Waals surface area contributed by atoms with Crippen molar-refractivity contribution in [3.63, 3.8) is 0 Å². The van der Waals surface area contributed by atoms with E-state index in [1.165, 1.54) is 4.68 Å². The van der Waals surface area contributed by atoms with Crippen LogP contribution >= 0.6 is 11.6 Å². The maximum Gasteiger partial charge on any atom is 0.189 e. The topological polar surface area (TPSA) is 47.2 Å². The highest BCUT2D eigenvalue weighted by Crippen LogP contribution is 2.32. The van der Waals surface area contributed by atoms with E-state index < -0.39 is 6.17 Å². The molecule has 0 aliphatic carbocycles. The van der Waals surface area contributed by atoms with E-state index in [1.54, 1.807) is 18.5 Å². The normalized spacial score (nSPS) is 14.1. The van der Waals surface area contributed by atoms with Gasteiger partial charge >= 0.3 is 0 Å². The van der Waals surface area contributed by atoms with Gasteiger partial charge in [0.15, 0.2) is 6.17 Å². The van der Waals surface area contributed by atoms with Gasteiger partial charge < -0.3 is 0 Å². The zero-order chi connectivity index (χ0) is 9.90. The number of halogens is 1. The monoisotopic (exact) mass is 201 g/mol. The van der Waals surface area contributed by atoms with Crippen molar-refractivity contribution in [1.29, 1.82) is 0 Å². The molecule has 0 amide bonds. The summed E-state index contributed by atoms with van der Waals surface area (Å²) < 4.78 is 1.52. The van der Waals surface area contributed by atoms with Crippen molar-refractivity contribution in [2.75, 3.05) is 5.88 Å². The molecule has 1 atom stereocenters. The molecule has 0 saturated carbocycles. The number of nitroso groups, excluding NO2 is 1. The fourth-order valence-corrected chi connectivity index (χ4v) is 1.18. The Labute approximate surface area is 81.9 Å². The van der Waals surface area contributed by atoms with E-state index in [9.17, 15) is 4.91 Å². The first-order valence-corrected chi connectivity index (χ1v) is 4.53. The van der Waals surface area contributed by atoms with Crippen LogP contribution < -0.4 is 0 Å². The molecule has 5 heteroatoms. The summed E-state index contributed by atoms with van der Waals surface area (Å²) in [6, 6.07) is 1.75. The number of aromatic nitrogens is 2. The summed E-state index contributed by atoms with van der Waals surface area (Å²) >= 11 is 5.74. The highest BCUT2D eigenvalue weighted by atomic mass is 35.5. The summed E-state index contributed by atoms with van der Waals surface area (Å²) in [6.07, 6.45) is 2.78. The molecule has 1 unspecified atom stereocenters. The number of hydrogen-bond donors (Lipinski definition) is 0. The molecule has 1 aromatic rings. The molecule has 0 spiro atoms. The Kier molecular flexibility index (Phi) is 3.03. The average molecular weight is 202 g/mol. The van der Waals surface area contributed by atoms with Crippen LogP contribution in [-0.2, 0) is 0 Å². The van der Waals surface area contributed by atoms with Gasteiger partial charge in [0.2, 0.25) is 0 Å². The third kappa shape index (κ3) is 2.06. The van der Waals surface area contributed by atoms with Gasteiger partial charge in [-0.25, -0.2) is 4.68 Å². The Morgan fingerprint density at radius 2 is 2.38 bits per heavy atom. The average Bonchev–Trinajstić information content (AvgIpc) is 2.58. The van der Waals surface area contributed by atoms with Gasteiger partial charge in [-0.2, -0.15) is 5.10 Å². The van der Waals surface area contributed by atoms with Crippen molar-refractivity contribution in [1.82, 2.24) is 9.78 Å². The van der Waals surface area contributed by atoms with Crippen LogP contribution in [0.1, 0.15) is 20.0 Å². The van der Waals surface area contributed by atoms with E-state index >= 15 is 0 Å². The Bertz CT molecular complexity index is 271. The van der Waals surface area contributed by atoms with Crippen LogP contribution in [0.2, 0.25) is 0 Å². The molecule has 13 heavy (non-hydrogen) atoms. The first kappa shape index (κ1) is 10.2. The van der Waals surface area contributed by atoms with Gasteiger partial charge in [0, 0.05) is 23.7 Å². The highest BCUT2D eigenvalue weighted by Gasteiger charge is 2.31. The molecule has 72 valence electrons. The lowest BCUT2D eigenvalue weighted by Gasteiger charge is -2.26. The Balaban J connectivity index is 2.92. The van der Waals surface area contributed by atoms with Crippen LogP contribution in [0.4, 0.5) is 0 Å². The van der Waals surface area contributed by atoms with Crippen LogP contribution in [0.3, 0.4) is 0 Å². The van der Waals surface area contributed by atoms with Gasteiger partial charge in [0.05, 0.1) is 0 Å². The van der Waals surface area contributed by atoms with E-state index in [1.807, 2.05) is 13.8 Å². The molecule has 0 fully saturated rings. The van der Waals surface area contributed by atoms with Crippen molar-refractivity contribution in [3.8, 4) is 0 Å². The predicted molar refractivity (Wildman–Crippen MR) is 51.6 cm³/mol. The molecular weight excluding hydrogens is 190 g/mol. The van der Waals surface area contributed by atoms with E-state index in [0.29, 0.717) is 5.88 Å². The van der Waals surface area contributed by atoms with Crippen molar-refractivity contribution in [3.05, 3.63) is 23.4 Å². The molecule has 1 heterocycles. The number of alkyl halides is 1. The van der Waals surface area contributed by atoms with Gasteiger partial charge in [-0.3, -0.25) is 0 Å². The first-order chi connectivity index (χ1) is 6.11. The second-order valence-corrected chi connectivity index (χ2v) is 3.85. The van der Waals surface area contributed by atoms with Gasteiger partial charge in [0.1, 0.15) is 0 Å². The molecule has 0 radical (unpaired) electrons. The molecule has 0 bridgehead atoms. The standard InChI is InChI=1S/C8H12ClN3O/c1-8(2,6-9)7(11-13)12-5-3-4-10-12/h3-5,7H,6H2,1-2H3. The quantitative estimate of drug-likeness (QED) is 0.555.